The Kier molecular flexibility index (Phi) is 5.70. The molecule has 3 heterocycles. The minimum absolute atomic E-state index is 0.121. The zero-order chi connectivity index (χ0) is 20.4. The van der Waals surface area contributed by atoms with E-state index in [1.165, 1.54) is 0 Å². The van der Waals surface area contributed by atoms with E-state index in [4.69, 9.17) is 9.47 Å². The van der Waals surface area contributed by atoms with E-state index in [1.54, 1.807) is 11.8 Å². The minimum atomic E-state index is -0.362. The third-order valence-electron chi connectivity index (χ3n) is 5.49. The number of pyridine rings is 1. The lowest BCUT2D eigenvalue weighted by atomic mass is 9.99. The zero-order valence-corrected chi connectivity index (χ0v) is 17.0. The van der Waals surface area contributed by atoms with Gasteiger partial charge in [0, 0.05) is 31.1 Å². The number of aromatic amines is 1. The molecular formula is C20H26N6O3. The molecular weight excluding hydrogens is 372 g/mol. The smallest absolute Gasteiger partial charge is 0.253 e. The largest absolute Gasteiger partial charge is 0.383 e. The van der Waals surface area contributed by atoms with E-state index in [2.05, 4.69) is 38.4 Å². The lowest BCUT2D eigenvalue weighted by Crippen LogP contribution is -2.42. The van der Waals surface area contributed by atoms with Crippen molar-refractivity contribution in [1.29, 1.82) is 0 Å². The van der Waals surface area contributed by atoms with Crippen LogP contribution in [-0.4, -0.2) is 70.1 Å². The number of nitrogens with zero attached hydrogens (tertiary/aromatic N) is 5. The number of rotatable bonds is 6. The molecule has 9 nitrogen and oxygen atoms in total. The number of benzene rings is 1. The fourth-order valence-corrected chi connectivity index (χ4v) is 3.87. The van der Waals surface area contributed by atoms with Crippen LogP contribution in [0.5, 0.6) is 0 Å². The van der Waals surface area contributed by atoms with E-state index < -0.39 is 0 Å². The van der Waals surface area contributed by atoms with Gasteiger partial charge in [0.2, 0.25) is 0 Å². The van der Waals surface area contributed by atoms with Gasteiger partial charge in [-0.05, 0) is 41.5 Å². The maximum Gasteiger partial charge on any atom is 0.253 e. The molecule has 1 aliphatic heterocycles. The fourth-order valence-electron chi connectivity index (χ4n) is 3.87. The average molecular weight is 398 g/mol. The first-order valence-electron chi connectivity index (χ1n) is 9.80. The van der Waals surface area contributed by atoms with Gasteiger partial charge in [-0.25, -0.2) is 4.68 Å². The molecule has 0 spiro atoms. The molecule has 1 atom stereocenters. The number of methoxy groups -OCH3 is 1. The van der Waals surface area contributed by atoms with E-state index >= 15 is 0 Å². The van der Waals surface area contributed by atoms with Crippen molar-refractivity contribution in [2.75, 3.05) is 40.0 Å². The van der Waals surface area contributed by atoms with E-state index in [0.29, 0.717) is 50.8 Å². The van der Waals surface area contributed by atoms with Crippen LogP contribution in [0.25, 0.3) is 10.9 Å². The zero-order valence-electron chi connectivity index (χ0n) is 17.0. The summed E-state index contributed by atoms with van der Waals surface area (Å²) in [5.41, 5.74) is 3.55. The molecule has 154 valence electrons. The quantitative estimate of drug-likeness (QED) is 0.666. The molecule has 0 bridgehead atoms. The Bertz CT molecular complexity index is 1050. The maximum atomic E-state index is 13.2. The first-order chi connectivity index (χ1) is 14.1. The molecule has 0 saturated carbocycles. The number of H-pyrrole nitrogens is 1. The van der Waals surface area contributed by atoms with Crippen LogP contribution >= 0.6 is 0 Å². The molecule has 0 aliphatic carbocycles. The van der Waals surface area contributed by atoms with Crippen molar-refractivity contribution < 1.29 is 9.47 Å². The van der Waals surface area contributed by atoms with E-state index in [0.717, 1.165) is 22.0 Å². The number of tetrazole rings is 1. The topological polar surface area (TPSA) is 98.2 Å². The molecule has 0 amide bonds. The number of fused-ring (bicyclic) bond motifs is 1. The van der Waals surface area contributed by atoms with Gasteiger partial charge in [0.1, 0.15) is 6.04 Å². The first kappa shape index (κ1) is 19.7. The second-order valence-electron chi connectivity index (χ2n) is 7.35. The molecule has 2 aromatic heterocycles. The Morgan fingerprint density at radius 2 is 2.00 bits per heavy atom. The fraction of sp³-hybridized carbons (Fsp3) is 0.500. The van der Waals surface area contributed by atoms with E-state index in [1.807, 2.05) is 19.1 Å². The van der Waals surface area contributed by atoms with Crippen molar-refractivity contribution in [3.63, 3.8) is 0 Å². The SMILES string of the molecule is COCCn1nnnc1[C@@H](c1cc2c(C)ccc(C)c2[nH]c1=O)N1CCOCC1. The normalized spacial score (nSPS) is 16.4. The predicted octanol–water partition coefficient (Wildman–Crippen LogP) is 1.20. The monoisotopic (exact) mass is 398 g/mol. The van der Waals surface area contributed by atoms with Crippen LogP contribution in [-0.2, 0) is 16.0 Å². The summed E-state index contributed by atoms with van der Waals surface area (Å²) in [5, 5.41) is 13.3. The summed E-state index contributed by atoms with van der Waals surface area (Å²) in [6.07, 6.45) is 0. The molecule has 1 saturated heterocycles. The first-order valence-corrected chi connectivity index (χ1v) is 9.80. The Labute approximate surface area is 168 Å². The van der Waals surface area contributed by atoms with Gasteiger partial charge in [0.05, 0.1) is 31.9 Å². The number of morpholine rings is 1. The van der Waals surface area contributed by atoms with Crippen molar-refractivity contribution in [3.05, 3.63) is 51.1 Å². The van der Waals surface area contributed by atoms with Crippen molar-refractivity contribution >= 4 is 10.9 Å². The van der Waals surface area contributed by atoms with Crippen LogP contribution in [0.1, 0.15) is 28.6 Å². The number of ether oxygens (including phenoxy) is 2. The Balaban J connectivity index is 1.88. The molecule has 9 heteroatoms. The summed E-state index contributed by atoms with van der Waals surface area (Å²) in [6.45, 7) is 7.68. The molecule has 3 aromatic rings. The highest BCUT2D eigenvalue weighted by Gasteiger charge is 2.31. The molecule has 4 rings (SSSR count). The van der Waals surface area contributed by atoms with Gasteiger partial charge < -0.3 is 14.5 Å². The molecule has 1 aromatic carbocycles. The summed E-state index contributed by atoms with van der Waals surface area (Å²) < 4.78 is 12.4. The Hall–Kier alpha value is -2.62. The molecule has 29 heavy (non-hydrogen) atoms. The van der Waals surface area contributed by atoms with Gasteiger partial charge in [0.15, 0.2) is 5.82 Å². The maximum absolute atomic E-state index is 13.2. The van der Waals surface area contributed by atoms with E-state index in [9.17, 15) is 4.79 Å². The lowest BCUT2D eigenvalue weighted by molar-refractivity contribution is 0.0211. The highest BCUT2D eigenvalue weighted by molar-refractivity contribution is 5.85. The summed E-state index contributed by atoms with van der Waals surface area (Å²) in [6, 6.07) is 5.73. The van der Waals surface area contributed by atoms with Crippen molar-refractivity contribution in [3.8, 4) is 0 Å². The van der Waals surface area contributed by atoms with Crippen LogP contribution in [0, 0.1) is 13.8 Å². The average Bonchev–Trinajstić information content (AvgIpc) is 3.19. The third kappa shape index (κ3) is 3.81. The third-order valence-corrected chi connectivity index (χ3v) is 5.49. The van der Waals surface area contributed by atoms with Crippen LogP contribution in [0.15, 0.2) is 23.0 Å². The number of nitrogens with one attached hydrogen (secondary N) is 1. The number of hydrogen-bond acceptors (Lipinski definition) is 7. The highest BCUT2D eigenvalue weighted by atomic mass is 16.5. The van der Waals surface area contributed by atoms with Crippen LogP contribution in [0.3, 0.4) is 0 Å². The number of aryl methyl sites for hydroxylation is 2. The second-order valence-corrected chi connectivity index (χ2v) is 7.35. The summed E-state index contributed by atoms with van der Waals surface area (Å²) in [4.78, 5) is 18.5. The highest BCUT2D eigenvalue weighted by Crippen LogP contribution is 2.29. The lowest BCUT2D eigenvalue weighted by Gasteiger charge is -2.33. The minimum Gasteiger partial charge on any atom is -0.383 e. The van der Waals surface area contributed by atoms with Crippen LogP contribution in [0.2, 0.25) is 0 Å². The molecule has 1 fully saturated rings. The molecule has 1 aliphatic rings. The van der Waals surface area contributed by atoms with Gasteiger partial charge in [-0.15, -0.1) is 5.10 Å². The van der Waals surface area contributed by atoms with Crippen molar-refractivity contribution in [2.24, 2.45) is 0 Å². The summed E-state index contributed by atoms with van der Waals surface area (Å²) in [7, 11) is 1.64. The Morgan fingerprint density at radius 3 is 2.76 bits per heavy atom. The predicted molar refractivity (Wildman–Crippen MR) is 108 cm³/mol. The summed E-state index contributed by atoms with van der Waals surface area (Å²) >= 11 is 0. The van der Waals surface area contributed by atoms with Gasteiger partial charge >= 0.3 is 0 Å². The molecule has 0 unspecified atom stereocenters. The van der Waals surface area contributed by atoms with Gasteiger partial charge in [-0.1, -0.05) is 12.1 Å². The van der Waals surface area contributed by atoms with Gasteiger partial charge in [0.25, 0.3) is 5.56 Å². The Morgan fingerprint density at radius 1 is 1.24 bits per heavy atom. The molecule has 1 N–H and O–H groups in total. The molecule has 0 radical (unpaired) electrons. The van der Waals surface area contributed by atoms with Crippen molar-refractivity contribution in [1.82, 2.24) is 30.1 Å². The van der Waals surface area contributed by atoms with Crippen LogP contribution in [0.4, 0.5) is 0 Å². The second kappa shape index (κ2) is 8.40. The number of aromatic nitrogens is 5. The van der Waals surface area contributed by atoms with Crippen molar-refractivity contribution in [2.45, 2.75) is 26.4 Å². The van der Waals surface area contributed by atoms with Gasteiger partial charge in [-0.3, -0.25) is 9.69 Å². The number of hydrogen-bond donors (Lipinski definition) is 1. The summed E-state index contributed by atoms with van der Waals surface area (Å²) in [5.74, 6) is 0.638. The van der Waals surface area contributed by atoms with Gasteiger partial charge in [-0.2, -0.15) is 0 Å². The standard InChI is InChI=1S/C20H26N6O3/c1-13-4-5-14(2)17-15(13)12-16(20(27)21-17)18(25-6-10-29-11-7-25)19-22-23-24-26(19)8-9-28-3/h4-5,12,18H,6-11H2,1-3H3,(H,21,27)/t18-/m1/s1. The van der Waals surface area contributed by atoms with E-state index in [-0.39, 0.29) is 11.6 Å². The van der Waals surface area contributed by atoms with Crippen LogP contribution < -0.4 is 5.56 Å².